The third-order valence-corrected chi connectivity index (χ3v) is 2.40. The van der Waals surface area contributed by atoms with E-state index in [0.29, 0.717) is 16.2 Å². The molecule has 2 aromatic rings. The van der Waals surface area contributed by atoms with Crippen molar-refractivity contribution in [3.8, 4) is 17.1 Å². The molecule has 6 heteroatoms. The summed E-state index contributed by atoms with van der Waals surface area (Å²) in [4.78, 5) is 7.79. The molecule has 3 nitrogen and oxygen atoms in total. The van der Waals surface area contributed by atoms with Gasteiger partial charge in [-0.15, -0.1) is 12.6 Å². The summed E-state index contributed by atoms with van der Waals surface area (Å²) in [6.45, 7) is 0. The van der Waals surface area contributed by atoms with Crippen LogP contribution in [-0.2, 0) is 0 Å². The number of hydrogen-bond donors (Lipinski definition) is 1. The number of benzene rings is 1. The molecule has 0 spiro atoms. The Labute approximate surface area is 102 Å². The van der Waals surface area contributed by atoms with E-state index in [1.165, 1.54) is 7.11 Å². The Bertz CT molecular complexity index is 563. The van der Waals surface area contributed by atoms with Gasteiger partial charge in [-0.25, -0.2) is 9.37 Å². The molecule has 17 heavy (non-hydrogen) atoms. The molecule has 0 aliphatic carbocycles. The summed E-state index contributed by atoms with van der Waals surface area (Å²) in [5, 5.41) is 0. The van der Waals surface area contributed by atoms with Gasteiger partial charge in [-0.2, -0.15) is 9.37 Å². The number of aromatic nitrogens is 2. The van der Waals surface area contributed by atoms with Crippen LogP contribution in [0.3, 0.4) is 0 Å². The SMILES string of the molecule is COc1ccc(S)cc1-c1ncc(F)c(F)n1. The molecule has 0 saturated carbocycles. The molecule has 0 atom stereocenters. The Balaban J connectivity index is 2.58. The van der Waals surface area contributed by atoms with Crippen molar-refractivity contribution < 1.29 is 13.5 Å². The number of halogens is 2. The molecule has 0 amide bonds. The largest absolute Gasteiger partial charge is 0.496 e. The van der Waals surface area contributed by atoms with Crippen molar-refractivity contribution in [3.63, 3.8) is 0 Å². The van der Waals surface area contributed by atoms with Crippen LogP contribution in [0.5, 0.6) is 5.75 Å². The third-order valence-electron chi connectivity index (χ3n) is 2.13. The van der Waals surface area contributed by atoms with Crippen LogP contribution < -0.4 is 4.74 Å². The van der Waals surface area contributed by atoms with Gasteiger partial charge in [-0.05, 0) is 18.2 Å². The minimum Gasteiger partial charge on any atom is -0.496 e. The number of methoxy groups -OCH3 is 1. The fraction of sp³-hybridized carbons (Fsp3) is 0.0909. The second kappa shape index (κ2) is 4.67. The van der Waals surface area contributed by atoms with Gasteiger partial charge in [0.25, 0.3) is 5.95 Å². The lowest BCUT2D eigenvalue weighted by Crippen LogP contribution is -1.98. The molecule has 0 aliphatic heterocycles. The second-order valence-electron chi connectivity index (χ2n) is 3.22. The van der Waals surface area contributed by atoms with Crippen LogP contribution in [0, 0.1) is 11.8 Å². The second-order valence-corrected chi connectivity index (χ2v) is 3.73. The summed E-state index contributed by atoms with van der Waals surface area (Å²) in [6, 6.07) is 4.99. The zero-order valence-electron chi connectivity index (χ0n) is 8.82. The Morgan fingerprint density at radius 3 is 2.71 bits per heavy atom. The summed E-state index contributed by atoms with van der Waals surface area (Å²) >= 11 is 4.16. The van der Waals surface area contributed by atoms with E-state index in [1.54, 1.807) is 18.2 Å². The molecular formula is C11H8F2N2OS. The first-order valence-corrected chi connectivity index (χ1v) is 5.12. The number of rotatable bonds is 2. The average Bonchev–Trinajstić information content (AvgIpc) is 2.32. The maximum atomic E-state index is 13.0. The van der Waals surface area contributed by atoms with E-state index in [4.69, 9.17) is 4.74 Å². The molecule has 0 radical (unpaired) electrons. The molecule has 0 unspecified atom stereocenters. The van der Waals surface area contributed by atoms with Crippen molar-refractivity contribution in [2.45, 2.75) is 4.90 Å². The van der Waals surface area contributed by atoms with Crippen molar-refractivity contribution in [2.24, 2.45) is 0 Å². The van der Waals surface area contributed by atoms with Gasteiger partial charge < -0.3 is 4.74 Å². The van der Waals surface area contributed by atoms with Gasteiger partial charge in [0.2, 0.25) is 0 Å². The first-order chi connectivity index (χ1) is 8.11. The van der Waals surface area contributed by atoms with Crippen LogP contribution >= 0.6 is 12.6 Å². The monoisotopic (exact) mass is 254 g/mol. The van der Waals surface area contributed by atoms with Gasteiger partial charge in [-0.3, -0.25) is 0 Å². The zero-order valence-corrected chi connectivity index (χ0v) is 9.71. The summed E-state index contributed by atoms with van der Waals surface area (Å²) in [5.41, 5.74) is 0.457. The number of ether oxygens (including phenoxy) is 1. The van der Waals surface area contributed by atoms with Gasteiger partial charge in [0, 0.05) is 4.90 Å². The summed E-state index contributed by atoms with van der Waals surface area (Å²) in [5.74, 6) is -1.76. The Kier molecular flexibility index (Phi) is 3.23. The maximum Gasteiger partial charge on any atom is 0.252 e. The number of thiol groups is 1. The van der Waals surface area contributed by atoms with Crippen molar-refractivity contribution >= 4 is 12.6 Å². The van der Waals surface area contributed by atoms with Crippen LogP contribution in [0.15, 0.2) is 29.3 Å². The fourth-order valence-corrected chi connectivity index (χ4v) is 1.55. The van der Waals surface area contributed by atoms with Crippen molar-refractivity contribution in [1.29, 1.82) is 0 Å². The predicted octanol–water partition coefficient (Wildman–Crippen LogP) is 2.72. The highest BCUT2D eigenvalue weighted by Crippen LogP contribution is 2.29. The molecule has 0 aliphatic rings. The standard InChI is InChI=1S/C11H8F2N2OS/c1-16-9-3-2-6(17)4-7(9)11-14-5-8(12)10(13)15-11/h2-5,17H,1H3. The summed E-state index contributed by atoms with van der Waals surface area (Å²) in [6.07, 6.45) is 0.780. The molecule has 2 rings (SSSR count). The smallest absolute Gasteiger partial charge is 0.252 e. The van der Waals surface area contributed by atoms with Crippen molar-refractivity contribution in [3.05, 3.63) is 36.2 Å². The lowest BCUT2D eigenvalue weighted by molar-refractivity contribution is 0.415. The van der Waals surface area contributed by atoms with Crippen molar-refractivity contribution in [2.75, 3.05) is 7.11 Å². The molecule has 1 heterocycles. The third kappa shape index (κ3) is 2.36. The lowest BCUT2D eigenvalue weighted by atomic mass is 10.2. The minimum absolute atomic E-state index is 0.0525. The lowest BCUT2D eigenvalue weighted by Gasteiger charge is -2.07. The predicted molar refractivity (Wildman–Crippen MR) is 61.2 cm³/mol. The highest BCUT2D eigenvalue weighted by molar-refractivity contribution is 7.80. The first-order valence-electron chi connectivity index (χ1n) is 4.67. The van der Waals surface area contributed by atoms with E-state index < -0.39 is 11.8 Å². The van der Waals surface area contributed by atoms with Crippen LogP contribution in [-0.4, -0.2) is 17.1 Å². The first kappa shape index (κ1) is 11.8. The fourth-order valence-electron chi connectivity index (χ4n) is 1.35. The molecule has 88 valence electrons. The Morgan fingerprint density at radius 1 is 1.29 bits per heavy atom. The average molecular weight is 254 g/mol. The van der Waals surface area contributed by atoms with Crippen LogP contribution in [0.2, 0.25) is 0 Å². The zero-order chi connectivity index (χ0) is 12.4. The van der Waals surface area contributed by atoms with Gasteiger partial charge in [0.15, 0.2) is 11.6 Å². The highest BCUT2D eigenvalue weighted by Gasteiger charge is 2.12. The summed E-state index contributed by atoms with van der Waals surface area (Å²) in [7, 11) is 1.47. The summed E-state index contributed by atoms with van der Waals surface area (Å²) < 4.78 is 30.8. The van der Waals surface area contributed by atoms with Gasteiger partial charge in [-0.1, -0.05) is 0 Å². The Hall–Kier alpha value is -1.69. The van der Waals surface area contributed by atoms with E-state index in [9.17, 15) is 8.78 Å². The number of nitrogens with zero attached hydrogens (tertiary/aromatic N) is 2. The molecular weight excluding hydrogens is 246 g/mol. The minimum atomic E-state index is -1.19. The van der Waals surface area contributed by atoms with E-state index in [1.807, 2.05) is 0 Å². The van der Waals surface area contributed by atoms with Crippen LogP contribution in [0.25, 0.3) is 11.4 Å². The normalized spacial score (nSPS) is 10.4. The molecule has 0 fully saturated rings. The molecule has 0 saturated heterocycles. The molecule has 0 N–H and O–H groups in total. The maximum absolute atomic E-state index is 13.0. The highest BCUT2D eigenvalue weighted by atomic mass is 32.1. The van der Waals surface area contributed by atoms with Crippen LogP contribution in [0.4, 0.5) is 8.78 Å². The number of hydrogen-bond acceptors (Lipinski definition) is 4. The Morgan fingerprint density at radius 2 is 2.06 bits per heavy atom. The molecule has 1 aromatic carbocycles. The van der Waals surface area contributed by atoms with Gasteiger partial charge in [0.05, 0.1) is 18.9 Å². The van der Waals surface area contributed by atoms with Gasteiger partial charge >= 0.3 is 0 Å². The molecule has 0 bridgehead atoms. The molecule has 1 aromatic heterocycles. The van der Waals surface area contributed by atoms with E-state index in [2.05, 4.69) is 22.6 Å². The van der Waals surface area contributed by atoms with E-state index in [-0.39, 0.29) is 5.82 Å². The topological polar surface area (TPSA) is 35.0 Å². The van der Waals surface area contributed by atoms with Crippen LogP contribution in [0.1, 0.15) is 0 Å². The van der Waals surface area contributed by atoms with Crippen molar-refractivity contribution in [1.82, 2.24) is 9.97 Å². The quantitative estimate of drug-likeness (QED) is 0.661. The van der Waals surface area contributed by atoms with Gasteiger partial charge in [0.1, 0.15) is 5.75 Å². The van der Waals surface area contributed by atoms with E-state index >= 15 is 0 Å². The van der Waals surface area contributed by atoms with E-state index in [0.717, 1.165) is 6.20 Å².